The summed E-state index contributed by atoms with van der Waals surface area (Å²) in [5.41, 5.74) is 3.44. The van der Waals surface area contributed by atoms with Crippen LogP contribution in [0.15, 0.2) is 48.8 Å². The van der Waals surface area contributed by atoms with E-state index in [0.29, 0.717) is 41.1 Å². The van der Waals surface area contributed by atoms with Crippen LogP contribution in [0.4, 0.5) is 10.1 Å². The molecule has 1 atom stereocenters. The van der Waals surface area contributed by atoms with Crippen molar-refractivity contribution in [1.29, 1.82) is 0 Å². The van der Waals surface area contributed by atoms with E-state index in [1.54, 1.807) is 19.3 Å². The highest BCUT2D eigenvalue weighted by Crippen LogP contribution is 2.43. The van der Waals surface area contributed by atoms with Gasteiger partial charge < -0.3 is 19.5 Å². The predicted octanol–water partition coefficient (Wildman–Crippen LogP) is 6.78. The van der Waals surface area contributed by atoms with Gasteiger partial charge in [-0.2, -0.15) is 0 Å². The van der Waals surface area contributed by atoms with Crippen molar-refractivity contribution >= 4 is 11.7 Å². The first-order valence-corrected chi connectivity index (χ1v) is 13.8. The fourth-order valence-electron chi connectivity index (χ4n) is 4.99. The van der Waals surface area contributed by atoms with Gasteiger partial charge in [0.1, 0.15) is 0 Å². The van der Waals surface area contributed by atoms with Crippen molar-refractivity contribution < 1.29 is 23.8 Å². The first-order valence-electron chi connectivity index (χ1n) is 13.8. The molecule has 1 aromatic carbocycles. The van der Waals surface area contributed by atoms with Crippen molar-refractivity contribution in [3.63, 3.8) is 0 Å². The van der Waals surface area contributed by atoms with Crippen molar-refractivity contribution in [2.75, 3.05) is 24.6 Å². The minimum atomic E-state index is -1.24. The van der Waals surface area contributed by atoms with Crippen LogP contribution in [-0.4, -0.2) is 46.3 Å². The SMILES string of the molecule is Cc1ncc(-c2cnc(OCCc3ccccc3)c(F)c2)c(N2CCC(C)(C)CC2)c1C(OC(C)(C)C)C(=O)O. The number of rotatable bonds is 9. The van der Waals surface area contributed by atoms with Crippen LogP contribution in [0.3, 0.4) is 0 Å². The van der Waals surface area contributed by atoms with Gasteiger partial charge in [0.15, 0.2) is 11.9 Å². The second-order valence-electron chi connectivity index (χ2n) is 12.2. The number of carboxylic acids is 1. The maximum absolute atomic E-state index is 15.3. The number of carbonyl (C=O) groups is 1. The lowest BCUT2D eigenvalue weighted by Gasteiger charge is -2.40. The van der Waals surface area contributed by atoms with Gasteiger partial charge in [0.25, 0.3) is 0 Å². The van der Waals surface area contributed by atoms with E-state index in [2.05, 4.69) is 28.7 Å². The molecule has 214 valence electrons. The molecule has 2 aromatic heterocycles. The number of aliphatic carboxylic acids is 1. The average Bonchev–Trinajstić information content (AvgIpc) is 2.88. The van der Waals surface area contributed by atoms with Gasteiger partial charge in [0, 0.05) is 54.3 Å². The Kier molecular flexibility index (Phi) is 8.78. The number of piperidine rings is 1. The highest BCUT2D eigenvalue weighted by atomic mass is 19.1. The number of benzene rings is 1. The molecule has 1 saturated heterocycles. The number of aryl methyl sites for hydroxylation is 1. The molecular weight excluding hydrogens is 509 g/mol. The second-order valence-corrected chi connectivity index (χ2v) is 12.2. The highest BCUT2D eigenvalue weighted by molar-refractivity contribution is 5.86. The summed E-state index contributed by atoms with van der Waals surface area (Å²) >= 11 is 0. The van der Waals surface area contributed by atoms with E-state index in [-0.39, 0.29) is 11.3 Å². The summed E-state index contributed by atoms with van der Waals surface area (Å²) < 4.78 is 27.0. The minimum absolute atomic E-state index is 0.0688. The summed E-state index contributed by atoms with van der Waals surface area (Å²) in [6.45, 7) is 13.5. The molecule has 1 unspecified atom stereocenters. The molecule has 0 bridgehead atoms. The van der Waals surface area contributed by atoms with Gasteiger partial charge in [-0.3, -0.25) is 4.98 Å². The Labute approximate surface area is 236 Å². The minimum Gasteiger partial charge on any atom is -0.479 e. The van der Waals surface area contributed by atoms with E-state index in [0.717, 1.165) is 31.5 Å². The maximum Gasteiger partial charge on any atom is 0.337 e. The van der Waals surface area contributed by atoms with Gasteiger partial charge >= 0.3 is 5.97 Å². The van der Waals surface area contributed by atoms with E-state index in [9.17, 15) is 9.90 Å². The number of hydrogen-bond acceptors (Lipinski definition) is 6. The normalized spacial score (nSPS) is 16.0. The van der Waals surface area contributed by atoms with Crippen LogP contribution in [0.25, 0.3) is 11.1 Å². The summed E-state index contributed by atoms with van der Waals surface area (Å²) in [5.74, 6) is -1.75. The van der Waals surface area contributed by atoms with Gasteiger partial charge in [0.2, 0.25) is 5.88 Å². The topological polar surface area (TPSA) is 84.8 Å². The quantitative estimate of drug-likeness (QED) is 0.315. The number of halogens is 1. The third kappa shape index (κ3) is 7.16. The van der Waals surface area contributed by atoms with E-state index in [1.165, 1.54) is 6.07 Å². The van der Waals surface area contributed by atoms with Crippen molar-refractivity contribution in [3.8, 4) is 17.0 Å². The lowest BCUT2D eigenvalue weighted by atomic mass is 9.82. The molecule has 1 fully saturated rings. The van der Waals surface area contributed by atoms with Crippen LogP contribution in [0.1, 0.15) is 70.4 Å². The van der Waals surface area contributed by atoms with Crippen molar-refractivity contribution in [3.05, 3.63) is 71.4 Å². The van der Waals surface area contributed by atoms with E-state index >= 15 is 4.39 Å². The lowest BCUT2D eigenvalue weighted by Crippen LogP contribution is -2.39. The highest BCUT2D eigenvalue weighted by Gasteiger charge is 2.36. The van der Waals surface area contributed by atoms with Gasteiger partial charge in [0.05, 0.1) is 17.9 Å². The number of pyridine rings is 2. The molecule has 0 radical (unpaired) electrons. The van der Waals surface area contributed by atoms with Crippen molar-refractivity contribution in [1.82, 2.24) is 9.97 Å². The van der Waals surface area contributed by atoms with Gasteiger partial charge in [-0.25, -0.2) is 14.2 Å². The zero-order valence-electron chi connectivity index (χ0n) is 24.3. The number of carboxylic acid groups (broad SMARTS) is 1. The molecule has 0 amide bonds. The summed E-state index contributed by atoms with van der Waals surface area (Å²) in [5, 5.41) is 10.3. The van der Waals surface area contributed by atoms with Crippen LogP contribution in [0.5, 0.6) is 5.88 Å². The molecule has 8 heteroatoms. The van der Waals surface area contributed by atoms with E-state index in [1.807, 2.05) is 51.1 Å². The molecule has 1 aliphatic rings. The summed E-state index contributed by atoms with van der Waals surface area (Å²) in [6.07, 6.45) is 4.51. The molecule has 4 rings (SSSR count). The standard InChI is InChI=1S/C32H40FN3O4/c1-21-26(28(30(37)38)40-31(2,3)4)27(36-15-13-32(5,6)14-16-36)24(20-34-21)23-18-25(33)29(35-19-23)39-17-12-22-10-8-7-9-11-22/h7-11,18-20,28H,12-17H2,1-6H3,(H,37,38). The Balaban J connectivity index is 1.73. The Morgan fingerprint density at radius 1 is 1.12 bits per heavy atom. The average molecular weight is 550 g/mol. The number of hydrogen-bond donors (Lipinski definition) is 1. The third-order valence-electron chi connectivity index (χ3n) is 7.27. The second kappa shape index (κ2) is 11.9. The predicted molar refractivity (Wildman–Crippen MR) is 154 cm³/mol. The number of nitrogens with zero attached hydrogens (tertiary/aromatic N) is 3. The third-order valence-corrected chi connectivity index (χ3v) is 7.27. The van der Waals surface area contributed by atoms with Gasteiger partial charge in [-0.15, -0.1) is 0 Å². The first kappa shape index (κ1) is 29.5. The van der Waals surface area contributed by atoms with Crippen molar-refractivity contribution in [2.45, 2.75) is 72.5 Å². The molecule has 0 saturated carbocycles. The summed E-state index contributed by atoms with van der Waals surface area (Å²) in [6, 6.07) is 11.2. The Morgan fingerprint density at radius 2 is 1.80 bits per heavy atom. The van der Waals surface area contributed by atoms with Crippen LogP contribution in [0.2, 0.25) is 0 Å². The summed E-state index contributed by atoms with van der Waals surface area (Å²) in [4.78, 5) is 23.6. The van der Waals surface area contributed by atoms with Crippen LogP contribution < -0.4 is 9.64 Å². The fraction of sp³-hybridized carbons (Fsp3) is 0.469. The number of anilines is 1. The van der Waals surface area contributed by atoms with Crippen LogP contribution in [0, 0.1) is 18.2 Å². The molecular formula is C32H40FN3O4. The molecule has 1 aliphatic heterocycles. The fourth-order valence-corrected chi connectivity index (χ4v) is 4.99. The van der Waals surface area contributed by atoms with Gasteiger partial charge in [-0.1, -0.05) is 44.2 Å². The Morgan fingerprint density at radius 3 is 2.40 bits per heavy atom. The molecule has 7 nitrogen and oxygen atoms in total. The smallest absolute Gasteiger partial charge is 0.337 e. The molecule has 40 heavy (non-hydrogen) atoms. The Hall–Kier alpha value is -3.52. The van der Waals surface area contributed by atoms with Gasteiger partial charge in [-0.05, 0) is 57.6 Å². The Bertz CT molecular complexity index is 1330. The van der Waals surface area contributed by atoms with Crippen LogP contribution >= 0.6 is 0 Å². The zero-order valence-corrected chi connectivity index (χ0v) is 24.3. The molecule has 0 aliphatic carbocycles. The van der Waals surface area contributed by atoms with Crippen LogP contribution in [-0.2, 0) is 16.0 Å². The molecule has 3 heterocycles. The summed E-state index contributed by atoms with van der Waals surface area (Å²) in [7, 11) is 0. The number of aromatic nitrogens is 2. The molecule has 0 spiro atoms. The first-order chi connectivity index (χ1) is 18.8. The number of ether oxygens (including phenoxy) is 2. The van der Waals surface area contributed by atoms with E-state index < -0.39 is 23.5 Å². The largest absolute Gasteiger partial charge is 0.479 e. The molecule has 3 aromatic rings. The van der Waals surface area contributed by atoms with E-state index in [4.69, 9.17) is 9.47 Å². The van der Waals surface area contributed by atoms with Crippen molar-refractivity contribution in [2.24, 2.45) is 5.41 Å². The monoisotopic (exact) mass is 549 g/mol. The lowest BCUT2D eigenvalue weighted by molar-refractivity contribution is -0.160. The molecule has 1 N–H and O–H groups in total. The zero-order chi connectivity index (χ0) is 29.1. The maximum atomic E-state index is 15.3.